The summed E-state index contributed by atoms with van der Waals surface area (Å²) in [4.78, 5) is 23.1. The zero-order valence-corrected chi connectivity index (χ0v) is 20.0. The molecule has 3 rings (SSSR count). The van der Waals surface area contributed by atoms with Gasteiger partial charge in [-0.1, -0.05) is 24.3 Å². The van der Waals surface area contributed by atoms with E-state index in [1.807, 2.05) is 0 Å². The number of guanidine groups is 1. The lowest BCUT2D eigenvalue weighted by Gasteiger charge is -2.33. The number of carbonyl (C=O) groups excluding carboxylic acids is 1. The Bertz CT molecular complexity index is 740. The molecule has 0 aromatic heterocycles. The minimum Gasteiger partial charge on any atom is -0.379 e. The van der Waals surface area contributed by atoms with Gasteiger partial charge in [0.25, 0.3) is 0 Å². The minimum absolute atomic E-state index is 0.00679. The van der Waals surface area contributed by atoms with Gasteiger partial charge in [0.2, 0.25) is 5.91 Å². The second-order valence-corrected chi connectivity index (χ2v) is 8.96. The van der Waals surface area contributed by atoms with E-state index < -0.39 is 0 Å². The highest BCUT2D eigenvalue weighted by Gasteiger charge is 2.21. The van der Waals surface area contributed by atoms with E-state index in [9.17, 15) is 4.79 Å². The first-order valence-corrected chi connectivity index (χ1v) is 11.8. The van der Waals surface area contributed by atoms with Crippen molar-refractivity contribution >= 4 is 11.9 Å². The van der Waals surface area contributed by atoms with Crippen molar-refractivity contribution in [3.05, 3.63) is 35.4 Å². The number of hydrogen-bond donors (Lipinski definition) is 2. The molecule has 0 radical (unpaired) electrons. The topological polar surface area (TPSA) is 72.4 Å². The molecular weight excluding hydrogens is 404 g/mol. The first-order chi connectivity index (χ1) is 15.5. The van der Waals surface area contributed by atoms with Crippen LogP contribution in [0.1, 0.15) is 24.0 Å². The fraction of sp³-hybridized carbons (Fsp3) is 0.667. The molecule has 0 bridgehead atoms. The van der Waals surface area contributed by atoms with Gasteiger partial charge in [0, 0.05) is 66.0 Å². The molecule has 1 aromatic carbocycles. The van der Waals surface area contributed by atoms with Gasteiger partial charge in [-0.15, -0.1) is 0 Å². The van der Waals surface area contributed by atoms with E-state index in [1.54, 1.807) is 19.0 Å². The standard InChI is InChI=1S/C24H40N6O2/c1-20-6-4-5-7-21(20)19-30-11-8-22(9-12-30)27-24(26-18-23(31)28(2)3)25-10-13-29-14-16-32-17-15-29/h4-7,22H,8-19H2,1-3H3,(H2,25,26,27). The van der Waals surface area contributed by atoms with Crippen molar-refractivity contribution in [2.75, 3.05) is 73.1 Å². The summed E-state index contributed by atoms with van der Waals surface area (Å²) in [5, 5.41) is 7.02. The van der Waals surface area contributed by atoms with Gasteiger partial charge in [-0.3, -0.25) is 14.6 Å². The number of morpholine rings is 1. The lowest BCUT2D eigenvalue weighted by Crippen LogP contribution is -2.50. The summed E-state index contributed by atoms with van der Waals surface area (Å²) < 4.78 is 5.42. The highest BCUT2D eigenvalue weighted by molar-refractivity contribution is 5.84. The highest BCUT2D eigenvalue weighted by atomic mass is 16.5. The summed E-state index contributed by atoms with van der Waals surface area (Å²) in [6, 6.07) is 9.00. The van der Waals surface area contributed by atoms with Crippen LogP contribution in [0.2, 0.25) is 0 Å². The number of amides is 1. The summed E-state index contributed by atoms with van der Waals surface area (Å²) in [5.41, 5.74) is 2.77. The highest BCUT2D eigenvalue weighted by Crippen LogP contribution is 2.16. The third kappa shape index (κ3) is 8.07. The zero-order valence-electron chi connectivity index (χ0n) is 20.0. The van der Waals surface area contributed by atoms with Gasteiger partial charge in [-0.25, -0.2) is 4.99 Å². The summed E-state index contributed by atoms with van der Waals surface area (Å²) in [7, 11) is 3.53. The molecule has 0 atom stereocenters. The maximum atomic E-state index is 12.0. The molecule has 8 heteroatoms. The lowest BCUT2D eigenvalue weighted by molar-refractivity contribution is -0.127. The summed E-state index contributed by atoms with van der Waals surface area (Å²) in [6.07, 6.45) is 2.13. The predicted octanol–water partition coefficient (Wildman–Crippen LogP) is 0.915. The van der Waals surface area contributed by atoms with Crippen molar-refractivity contribution in [1.82, 2.24) is 25.3 Å². The summed E-state index contributed by atoms with van der Waals surface area (Å²) in [6.45, 7) is 10.8. The Hall–Kier alpha value is -2.16. The molecule has 2 heterocycles. The quantitative estimate of drug-likeness (QED) is 0.459. The fourth-order valence-electron chi connectivity index (χ4n) is 4.06. The number of rotatable bonds is 8. The van der Waals surface area contributed by atoms with Gasteiger partial charge in [0.15, 0.2) is 5.96 Å². The Balaban J connectivity index is 1.48. The van der Waals surface area contributed by atoms with Gasteiger partial charge in [0.1, 0.15) is 6.54 Å². The molecule has 8 nitrogen and oxygen atoms in total. The number of carbonyl (C=O) groups is 1. The SMILES string of the molecule is Cc1ccccc1CN1CCC(NC(=NCC(=O)N(C)C)NCCN2CCOCC2)CC1. The van der Waals surface area contributed by atoms with Crippen molar-refractivity contribution in [2.24, 2.45) is 4.99 Å². The van der Waals surface area contributed by atoms with Crippen molar-refractivity contribution in [2.45, 2.75) is 32.4 Å². The van der Waals surface area contributed by atoms with Crippen molar-refractivity contribution < 1.29 is 9.53 Å². The Morgan fingerprint density at radius 3 is 2.53 bits per heavy atom. The monoisotopic (exact) mass is 444 g/mol. The molecule has 0 spiro atoms. The molecule has 2 fully saturated rings. The number of hydrogen-bond acceptors (Lipinski definition) is 5. The zero-order chi connectivity index (χ0) is 22.8. The van der Waals surface area contributed by atoms with E-state index >= 15 is 0 Å². The molecule has 0 saturated carbocycles. The minimum atomic E-state index is 0.00679. The number of likely N-dealkylation sites (N-methyl/N-ethyl adjacent to an activating group) is 1. The Kier molecular flexibility index (Phi) is 9.77. The number of likely N-dealkylation sites (tertiary alicyclic amines) is 1. The number of nitrogens with one attached hydrogen (secondary N) is 2. The van der Waals surface area contributed by atoms with Crippen molar-refractivity contribution in [3.63, 3.8) is 0 Å². The van der Waals surface area contributed by atoms with Crippen LogP contribution in [0.3, 0.4) is 0 Å². The Morgan fingerprint density at radius 1 is 1.12 bits per heavy atom. The smallest absolute Gasteiger partial charge is 0.243 e. The van der Waals surface area contributed by atoms with E-state index in [2.05, 4.69) is 56.6 Å². The molecule has 2 aliphatic heterocycles. The summed E-state index contributed by atoms with van der Waals surface area (Å²) >= 11 is 0. The average molecular weight is 445 g/mol. The van der Waals surface area contributed by atoms with Crippen LogP contribution in [0.5, 0.6) is 0 Å². The molecule has 178 valence electrons. The van der Waals surface area contributed by atoms with Gasteiger partial charge in [0.05, 0.1) is 13.2 Å². The van der Waals surface area contributed by atoms with Crippen LogP contribution in [0.4, 0.5) is 0 Å². The molecule has 1 amide bonds. The number of aryl methyl sites for hydroxylation is 1. The third-order valence-electron chi connectivity index (χ3n) is 6.28. The first-order valence-electron chi connectivity index (χ1n) is 11.8. The third-order valence-corrected chi connectivity index (χ3v) is 6.28. The van der Waals surface area contributed by atoms with Crippen LogP contribution in [0.15, 0.2) is 29.3 Å². The van der Waals surface area contributed by atoms with Gasteiger partial charge >= 0.3 is 0 Å². The molecule has 0 unspecified atom stereocenters. The Labute approximate surface area is 193 Å². The van der Waals surface area contributed by atoms with Crippen LogP contribution in [-0.2, 0) is 16.1 Å². The molecule has 2 aliphatic rings. The van der Waals surface area contributed by atoms with Gasteiger partial charge in [-0.2, -0.15) is 0 Å². The van der Waals surface area contributed by atoms with Crippen LogP contribution < -0.4 is 10.6 Å². The van der Waals surface area contributed by atoms with Gasteiger partial charge in [-0.05, 0) is 30.9 Å². The van der Waals surface area contributed by atoms with Gasteiger partial charge < -0.3 is 20.3 Å². The second kappa shape index (κ2) is 12.8. The first kappa shape index (κ1) is 24.5. The van der Waals surface area contributed by atoms with E-state index in [0.717, 1.165) is 77.8 Å². The number of benzene rings is 1. The summed E-state index contributed by atoms with van der Waals surface area (Å²) in [5.74, 6) is 0.748. The molecule has 1 aromatic rings. The fourth-order valence-corrected chi connectivity index (χ4v) is 4.06. The number of ether oxygens (including phenoxy) is 1. The van der Waals surface area contributed by atoms with E-state index in [-0.39, 0.29) is 12.5 Å². The maximum Gasteiger partial charge on any atom is 0.243 e. The largest absolute Gasteiger partial charge is 0.379 e. The average Bonchev–Trinajstić information content (AvgIpc) is 2.80. The van der Waals surface area contributed by atoms with Crippen molar-refractivity contribution in [1.29, 1.82) is 0 Å². The number of nitrogens with zero attached hydrogens (tertiary/aromatic N) is 4. The van der Waals surface area contributed by atoms with E-state index in [1.165, 1.54) is 11.1 Å². The van der Waals surface area contributed by atoms with Crippen molar-refractivity contribution in [3.8, 4) is 0 Å². The molecular formula is C24H40N6O2. The van der Waals surface area contributed by atoms with Crippen LogP contribution in [0, 0.1) is 6.92 Å². The maximum absolute atomic E-state index is 12.0. The Morgan fingerprint density at radius 2 is 1.84 bits per heavy atom. The number of piperidine rings is 1. The molecule has 2 saturated heterocycles. The van der Waals surface area contributed by atoms with E-state index in [4.69, 9.17) is 4.74 Å². The van der Waals surface area contributed by atoms with E-state index in [0.29, 0.717) is 6.04 Å². The number of aliphatic imine (C=N–C) groups is 1. The predicted molar refractivity (Wildman–Crippen MR) is 129 cm³/mol. The normalized spacial score (nSPS) is 19.0. The lowest BCUT2D eigenvalue weighted by atomic mass is 10.0. The van der Waals surface area contributed by atoms with Crippen LogP contribution in [0.25, 0.3) is 0 Å². The molecule has 2 N–H and O–H groups in total. The van der Waals surface area contributed by atoms with Crippen LogP contribution in [-0.4, -0.2) is 106 Å². The van der Waals surface area contributed by atoms with Crippen LogP contribution >= 0.6 is 0 Å². The molecule has 32 heavy (non-hydrogen) atoms. The second-order valence-electron chi connectivity index (χ2n) is 8.96. The molecule has 0 aliphatic carbocycles.